The highest BCUT2D eigenvalue weighted by atomic mass is 16.6. The molecule has 236 valence electrons. The third kappa shape index (κ3) is 11.4. The van der Waals surface area contributed by atoms with Crippen LogP contribution < -0.4 is 11.1 Å². The minimum absolute atomic E-state index is 0.0382. The average Bonchev–Trinajstić information content (AvgIpc) is 2.97. The molecule has 0 spiro atoms. The van der Waals surface area contributed by atoms with Crippen LogP contribution in [0.25, 0.3) is 10.8 Å². The van der Waals surface area contributed by atoms with E-state index in [2.05, 4.69) is 11.4 Å². The van der Waals surface area contributed by atoms with E-state index in [-0.39, 0.29) is 31.8 Å². The Morgan fingerprint density at radius 2 is 1.59 bits per heavy atom. The summed E-state index contributed by atoms with van der Waals surface area (Å²) >= 11 is 0. The highest BCUT2D eigenvalue weighted by Crippen LogP contribution is 2.21. The zero-order chi connectivity index (χ0) is 32.1. The van der Waals surface area contributed by atoms with Crippen molar-refractivity contribution in [3.63, 3.8) is 0 Å². The molecule has 0 aliphatic carbocycles. The summed E-state index contributed by atoms with van der Waals surface area (Å²) in [6.07, 6.45) is 0.808. The van der Waals surface area contributed by atoms with Crippen molar-refractivity contribution in [1.29, 1.82) is 0 Å². The van der Waals surface area contributed by atoms with Crippen LogP contribution in [0, 0.1) is 0 Å². The van der Waals surface area contributed by atoms with Gasteiger partial charge >= 0.3 is 12.1 Å². The minimum Gasteiger partial charge on any atom is -0.461 e. The summed E-state index contributed by atoms with van der Waals surface area (Å²) in [7, 11) is 0. The first-order valence-corrected chi connectivity index (χ1v) is 15.2. The molecule has 0 unspecified atom stereocenters. The van der Waals surface area contributed by atoms with Gasteiger partial charge in [0.15, 0.2) is 0 Å². The number of hydrogen-bond donors (Lipinski definition) is 2. The van der Waals surface area contributed by atoms with Gasteiger partial charge in [-0.2, -0.15) is 0 Å². The predicted molar refractivity (Wildman–Crippen MR) is 171 cm³/mol. The van der Waals surface area contributed by atoms with E-state index >= 15 is 0 Å². The Morgan fingerprint density at radius 1 is 0.909 bits per heavy atom. The molecule has 3 N–H and O–H groups in total. The van der Waals surface area contributed by atoms with Gasteiger partial charge < -0.3 is 25.4 Å². The SMILES string of the molecule is CCCN(C(=O)[C@H](CCCC(=O)OCc1ccccc1)NC(=O)OC(C)(C)C)[C@H](CC(N)=O)Cc1ccc2ccccc2c1. The largest absolute Gasteiger partial charge is 0.461 e. The molecule has 0 aliphatic heterocycles. The summed E-state index contributed by atoms with van der Waals surface area (Å²) < 4.78 is 10.8. The summed E-state index contributed by atoms with van der Waals surface area (Å²) in [5, 5.41) is 4.87. The lowest BCUT2D eigenvalue weighted by Crippen LogP contribution is -2.54. The first-order valence-electron chi connectivity index (χ1n) is 15.2. The van der Waals surface area contributed by atoms with E-state index in [9.17, 15) is 19.2 Å². The number of esters is 1. The molecule has 3 amide bonds. The molecular formula is C35H45N3O6. The molecule has 3 aromatic carbocycles. The molecule has 3 rings (SSSR count). The van der Waals surface area contributed by atoms with Gasteiger partial charge in [-0.1, -0.05) is 79.7 Å². The van der Waals surface area contributed by atoms with Crippen molar-refractivity contribution in [3.8, 4) is 0 Å². The van der Waals surface area contributed by atoms with Gasteiger partial charge in [-0.15, -0.1) is 0 Å². The molecule has 3 aromatic rings. The molecule has 0 aromatic heterocycles. The van der Waals surface area contributed by atoms with Crippen LogP contribution >= 0.6 is 0 Å². The second-order valence-corrected chi connectivity index (χ2v) is 12.0. The molecule has 0 bridgehead atoms. The molecule has 0 fully saturated rings. The number of nitrogens with zero attached hydrogens (tertiary/aromatic N) is 1. The fraction of sp³-hybridized carbons (Fsp3) is 0.429. The maximum absolute atomic E-state index is 14.1. The monoisotopic (exact) mass is 603 g/mol. The highest BCUT2D eigenvalue weighted by Gasteiger charge is 2.32. The van der Waals surface area contributed by atoms with Gasteiger partial charge in [-0.05, 0) is 68.4 Å². The van der Waals surface area contributed by atoms with Gasteiger partial charge in [0.1, 0.15) is 18.2 Å². The molecule has 0 saturated heterocycles. The number of fused-ring (bicyclic) bond motifs is 1. The van der Waals surface area contributed by atoms with Crippen molar-refractivity contribution in [2.24, 2.45) is 5.73 Å². The standard InChI is InChI=1S/C35H45N3O6/c1-5-20-38(29(23-31(36)39)22-26-18-19-27-14-9-10-15-28(27)21-26)33(41)30(37-34(42)44-35(2,3)4)16-11-17-32(40)43-24-25-12-7-6-8-13-25/h6-10,12-15,18-19,21,29-30H,5,11,16-17,20,22-24H2,1-4H3,(H2,36,39)(H,37,42)/t29-,30-/m0/s1. The van der Waals surface area contributed by atoms with E-state index in [4.69, 9.17) is 15.2 Å². The van der Waals surface area contributed by atoms with Crippen LogP contribution in [0.5, 0.6) is 0 Å². The molecule has 0 heterocycles. The molecular weight excluding hydrogens is 558 g/mol. The summed E-state index contributed by atoms with van der Waals surface area (Å²) in [5.41, 5.74) is 6.73. The summed E-state index contributed by atoms with van der Waals surface area (Å²) in [4.78, 5) is 53.2. The number of rotatable bonds is 15. The summed E-state index contributed by atoms with van der Waals surface area (Å²) in [6, 6.07) is 21.9. The Balaban J connectivity index is 1.78. The van der Waals surface area contributed by atoms with E-state index < -0.39 is 35.7 Å². The van der Waals surface area contributed by atoms with Gasteiger partial charge in [0.05, 0.1) is 0 Å². The van der Waals surface area contributed by atoms with Gasteiger partial charge in [0.2, 0.25) is 11.8 Å². The van der Waals surface area contributed by atoms with E-state index in [0.717, 1.165) is 21.9 Å². The van der Waals surface area contributed by atoms with E-state index in [1.807, 2.05) is 73.7 Å². The Morgan fingerprint density at radius 3 is 2.25 bits per heavy atom. The Bertz CT molecular complexity index is 1400. The lowest BCUT2D eigenvalue weighted by atomic mass is 9.97. The number of nitrogens with one attached hydrogen (secondary N) is 1. The zero-order valence-electron chi connectivity index (χ0n) is 26.2. The zero-order valence-corrected chi connectivity index (χ0v) is 26.2. The van der Waals surface area contributed by atoms with E-state index in [1.165, 1.54) is 0 Å². The first kappa shape index (κ1) is 34.1. The maximum atomic E-state index is 14.1. The normalized spacial score (nSPS) is 12.6. The fourth-order valence-electron chi connectivity index (χ4n) is 5.04. The van der Waals surface area contributed by atoms with Crippen LogP contribution in [0.2, 0.25) is 0 Å². The quantitative estimate of drug-likeness (QED) is 0.215. The molecule has 0 aliphatic rings. The van der Waals surface area contributed by atoms with Crippen LogP contribution in [0.4, 0.5) is 4.79 Å². The van der Waals surface area contributed by atoms with Crippen molar-refractivity contribution >= 4 is 34.6 Å². The maximum Gasteiger partial charge on any atom is 0.408 e. The fourth-order valence-corrected chi connectivity index (χ4v) is 5.04. The molecule has 9 heteroatoms. The third-order valence-electron chi connectivity index (χ3n) is 7.02. The first-order chi connectivity index (χ1) is 20.9. The van der Waals surface area contributed by atoms with Gasteiger partial charge in [0, 0.05) is 25.4 Å². The smallest absolute Gasteiger partial charge is 0.408 e. The molecule has 0 radical (unpaired) electrons. The van der Waals surface area contributed by atoms with E-state index in [0.29, 0.717) is 25.8 Å². The number of carbonyl (C=O) groups excluding carboxylic acids is 4. The minimum atomic E-state index is -0.981. The average molecular weight is 604 g/mol. The number of primary amides is 1. The van der Waals surface area contributed by atoms with Crippen LogP contribution in [0.15, 0.2) is 72.8 Å². The van der Waals surface area contributed by atoms with Crippen molar-refractivity contribution in [1.82, 2.24) is 10.2 Å². The lowest BCUT2D eigenvalue weighted by molar-refractivity contribution is -0.145. The van der Waals surface area contributed by atoms with Crippen molar-refractivity contribution < 1.29 is 28.7 Å². The molecule has 9 nitrogen and oxygen atoms in total. The topological polar surface area (TPSA) is 128 Å². The number of nitrogens with two attached hydrogens (primary N) is 1. The Kier molecular flexibility index (Phi) is 12.7. The summed E-state index contributed by atoms with van der Waals surface area (Å²) in [6.45, 7) is 7.67. The highest BCUT2D eigenvalue weighted by molar-refractivity contribution is 5.87. The van der Waals surface area contributed by atoms with E-state index in [1.54, 1.807) is 25.7 Å². The second kappa shape index (κ2) is 16.4. The van der Waals surface area contributed by atoms with Gasteiger partial charge in [0.25, 0.3) is 0 Å². The van der Waals surface area contributed by atoms with Crippen LogP contribution in [-0.2, 0) is 36.9 Å². The van der Waals surface area contributed by atoms with Crippen molar-refractivity contribution in [2.45, 2.75) is 90.5 Å². The van der Waals surface area contributed by atoms with Gasteiger partial charge in [-0.25, -0.2) is 4.79 Å². The number of carbonyl (C=O) groups is 4. The number of amides is 3. The Hall–Kier alpha value is -4.40. The molecule has 2 atom stereocenters. The number of hydrogen-bond acceptors (Lipinski definition) is 6. The van der Waals surface area contributed by atoms with Crippen LogP contribution in [0.1, 0.15) is 70.9 Å². The van der Waals surface area contributed by atoms with Gasteiger partial charge in [-0.3, -0.25) is 14.4 Å². The second-order valence-electron chi connectivity index (χ2n) is 12.0. The van der Waals surface area contributed by atoms with Crippen molar-refractivity contribution in [3.05, 3.63) is 83.9 Å². The van der Waals surface area contributed by atoms with Crippen LogP contribution in [0.3, 0.4) is 0 Å². The molecule has 0 saturated carbocycles. The number of ether oxygens (including phenoxy) is 2. The lowest BCUT2D eigenvalue weighted by Gasteiger charge is -2.34. The third-order valence-corrected chi connectivity index (χ3v) is 7.02. The Labute approximate surface area is 260 Å². The van der Waals surface area contributed by atoms with Crippen molar-refractivity contribution in [2.75, 3.05) is 6.54 Å². The molecule has 44 heavy (non-hydrogen) atoms. The number of benzene rings is 3. The van der Waals surface area contributed by atoms with Crippen LogP contribution in [-0.4, -0.2) is 53.0 Å². The number of alkyl carbamates (subject to hydrolysis) is 1. The summed E-state index contributed by atoms with van der Waals surface area (Å²) in [5.74, 6) is -1.28. The predicted octanol–water partition coefficient (Wildman–Crippen LogP) is 5.67.